The van der Waals surface area contributed by atoms with E-state index in [2.05, 4.69) is 33.2 Å². The number of methoxy groups -OCH3 is 1. The van der Waals surface area contributed by atoms with Gasteiger partial charge in [0.05, 0.1) is 7.11 Å². The lowest BCUT2D eigenvalue weighted by Gasteiger charge is -2.20. The van der Waals surface area contributed by atoms with Crippen molar-refractivity contribution in [3.8, 4) is 11.5 Å². The number of benzene rings is 4. The summed E-state index contributed by atoms with van der Waals surface area (Å²) in [6.07, 6.45) is 5.77. The summed E-state index contributed by atoms with van der Waals surface area (Å²) in [5, 5.41) is 4.14. The van der Waals surface area contributed by atoms with Crippen molar-refractivity contribution in [3.63, 3.8) is 0 Å². The monoisotopic (exact) mass is 599 g/mol. The van der Waals surface area contributed by atoms with Crippen molar-refractivity contribution in [1.82, 2.24) is 14.9 Å². The molecule has 0 bridgehead atoms. The van der Waals surface area contributed by atoms with Gasteiger partial charge in [0.25, 0.3) is 0 Å². The number of halogens is 1. The van der Waals surface area contributed by atoms with E-state index in [4.69, 9.17) is 9.47 Å². The third-order valence-electron chi connectivity index (χ3n) is 7.92. The molecule has 0 spiro atoms. The molecule has 6 nitrogen and oxygen atoms in total. The SMILES string of the molecule is COc1ccc([C@H](CC(=O)NCc2ccncc2)c2cn(Cc3ccc(F)cc3)c3ccccc23)cc1OCc1ccccc1. The summed E-state index contributed by atoms with van der Waals surface area (Å²) in [4.78, 5) is 17.6. The number of hydrogen-bond donors (Lipinski definition) is 1. The maximum atomic E-state index is 13.6. The predicted molar refractivity (Wildman–Crippen MR) is 174 cm³/mol. The molecular weight excluding hydrogens is 565 g/mol. The molecule has 0 aliphatic carbocycles. The first-order valence-electron chi connectivity index (χ1n) is 14.9. The summed E-state index contributed by atoms with van der Waals surface area (Å²) in [5.41, 5.74) is 5.99. The lowest BCUT2D eigenvalue weighted by atomic mass is 9.87. The van der Waals surface area contributed by atoms with Crippen LogP contribution in [0.5, 0.6) is 11.5 Å². The van der Waals surface area contributed by atoms with Gasteiger partial charge in [0.15, 0.2) is 11.5 Å². The number of hydrogen-bond acceptors (Lipinski definition) is 4. The zero-order valence-corrected chi connectivity index (χ0v) is 25.0. The highest BCUT2D eigenvalue weighted by molar-refractivity contribution is 5.87. The molecule has 0 aliphatic heterocycles. The molecule has 0 unspecified atom stereocenters. The topological polar surface area (TPSA) is 65.4 Å². The molecule has 1 atom stereocenters. The van der Waals surface area contributed by atoms with Gasteiger partial charge >= 0.3 is 0 Å². The van der Waals surface area contributed by atoms with Gasteiger partial charge < -0.3 is 19.4 Å². The highest BCUT2D eigenvalue weighted by Crippen LogP contribution is 2.39. The molecule has 1 amide bonds. The van der Waals surface area contributed by atoms with Crippen LogP contribution in [0.3, 0.4) is 0 Å². The molecule has 1 N–H and O–H groups in total. The van der Waals surface area contributed by atoms with Crippen LogP contribution in [0.2, 0.25) is 0 Å². The minimum Gasteiger partial charge on any atom is -0.493 e. The van der Waals surface area contributed by atoms with Gasteiger partial charge in [-0.15, -0.1) is 0 Å². The molecule has 0 saturated heterocycles. The van der Waals surface area contributed by atoms with Gasteiger partial charge in [-0.3, -0.25) is 9.78 Å². The largest absolute Gasteiger partial charge is 0.493 e. The molecule has 0 fully saturated rings. The highest BCUT2D eigenvalue weighted by Gasteiger charge is 2.24. The number of para-hydroxylation sites is 1. The van der Waals surface area contributed by atoms with Gasteiger partial charge in [-0.1, -0.05) is 66.7 Å². The van der Waals surface area contributed by atoms with E-state index in [1.54, 1.807) is 31.6 Å². The Hall–Kier alpha value is -5.43. The van der Waals surface area contributed by atoms with Crippen LogP contribution in [0, 0.1) is 5.82 Å². The number of carbonyl (C=O) groups excluding carboxylic acids is 1. The molecule has 45 heavy (non-hydrogen) atoms. The maximum Gasteiger partial charge on any atom is 0.221 e. The normalized spacial score (nSPS) is 11.7. The maximum absolute atomic E-state index is 13.6. The highest BCUT2D eigenvalue weighted by atomic mass is 19.1. The zero-order valence-electron chi connectivity index (χ0n) is 25.0. The number of nitrogens with one attached hydrogen (secondary N) is 1. The zero-order chi connectivity index (χ0) is 31.0. The first-order chi connectivity index (χ1) is 22.1. The van der Waals surface area contributed by atoms with Gasteiger partial charge in [0.1, 0.15) is 12.4 Å². The molecule has 7 heteroatoms. The molecule has 4 aromatic carbocycles. The number of rotatable bonds is 12. The second-order valence-electron chi connectivity index (χ2n) is 10.9. The van der Waals surface area contributed by atoms with E-state index in [1.807, 2.05) is 72.8 Å². The predicted octanol–water partition coefficient (Wildman–Crippen LogP) is 7.65. The lowest BCUT2D eigenvalue weighted by Crippen LogP contribution is -2.25. The Labute approximate surface area is 262 Å². The van der Waals surface area contributed by atoms with Gasteiger partial charge in [0.2, 0.25) is 5.91 Å². The first-order valence-corrected chi connectivity index (χ1v) is 14.9. The third kappa shape index (κ3) is 7.21. The van der Waals surface area contributed by atoms with Gasteiger partial charge in [-0.25, -0.2) is 4.39 Å². The summed E-state index contributed by atoms with van der Waals surface area (Å²) in [6.45, 7) is 1.36. The fraction of sp³-hybridized carbons (Fsp3) is 0.158. The van der Waals surface area contributed by atoms with E-state index in [-0.39, 0.29) is 24.1 Å². The molecule has 2 heterocycles. The number of amides is 1. The van der Waals surface area contributed by atoms with Gasteiger partial charge in [-0.05, 0) is 70.3 Å². The quantitative estimate of drug-likeness (QED) is 0.157. The molecule has 226 valence electrons. The summed E-state index contributed by atoms with van der Waals surface area (Å²) in [5.74, 6) is 0.603. The Morgan fingerprint density at radius 3 is 2.38 bits per heavy atom. The molecular formula is C38H34FN3O3. The Kier molecular flexibility index (Phi) is 9.16. The minimum absolute atomic E-state index is 0.0743. The van der Waals surface area contributed by atoms with Crippen LogP contribution in [-0.2, 0) is 24.5 Å². The molecule has 0 radical (unpaired) electrons. The van der Waals surface area contributed by atoms with E-state index in [0.29, 0.717) is 31.2 Å². The van der Waals surface area contributed by atoms with Crippen molar-refractivity contribution >= 4 is 16.8 Å². The Balaban J connectivity index is 1.37. The van der Waals surface area contributed by atoms with Crippen molar-refractivity contribution in [2.75, 3.05) is 7.11 Å². The number of ether oxygens (including phenoxy) is 2. The number of fused-ring (bicyclic) bond motifs is 1. The molecule has 2 aromatic heterocycles. The Morgan fingerprint density at radius 2 is 1.60 bits per heavy atom. The molecule has 0 saturated carbocycles. The van der Waals surface area contributed by atoms with E-state index >= 15 is 0 Å². The van der Waals surface area contributed by atoms with Crippen molar-refractivity contribution in [2.24, 2.45) is 0 Å². The minimum atomic E-state index is -0.285. The summed E-state index contributed by atoms with van der Waals surface area (Å²) >= 11 is 0. The van der Waals surface area contributed by atoms with E-state index in [0.717, 1.165) is 38.7 Å². The fourth-order valence-electron chi connectivity index (χ4n) is 5.59. The van der Waals surface area contributed by atoms with E-state index in [1.165, 1.54) is 12.1 Å². The van der Waals surface area contributed by atoms with E-state index in [9.17, 15) is 9.18 Å². The standard InChI is InChI=1S/C38H34FN3O3/c1-44-36-16-13-30(21-37(36)45-26-29-7-3-2-4-8-29)33(22-38(43)41-23-27-17-19-40-20-18-27)34-25-42(35-10-6-5-9-32(34)35)24-28-11-14-31(39)15-12-28/h2-21,25,33H,22-24,26H2,1H3,(H,41,43)/t33-/m0/s1. The fourth-order valence-corrected chi connectivity index (χ4v) is 5.59. The van der Waals surface area contributed by atoms with Crippen LogP contribution in [-0.4, -0.2) is 22.6 Å². The Morgan fingerprint density at radius 1 is 0.844 bits per heavy atom. The van der Waals surface area contributed by atoms with Crippen LogP contribution in [0.4, 0.5) is 4.39 Å². The summed E-state index contributed by atoms with van der Waals surface area (Å²) < 4.78 is 27.7. The van der Waals surface area contributed by atoms with Crippen molar-refractivity contribution in [3.05, 3.63) is 161 Å². The van der Waals surface area contributed by atoms with Crippen LogP contribution in [0.15, 0.2) is 128 Å². The van der Waals surface area contributed by atoms with Crippen LogP contribution >= 0.6 is 0 Å². The average molecular weight is 600 g/mol. The molecule has 6 aromatic rings. The van der Waals surface area contributed by atoms with Crippen molar-refractivity contribution in [1.29, 1.82) is 0 Å². The lowest BCUT2D eigenvalue weighted by molar-refractivity contribution is -0.121. The van der Waals surface area contributed by atoms with E-state index < -0.39 is 0 Å². The average Bonchev–Trinajstić information content (AvgIpc) is 3.45. The van der Waals surface area contributed by atoms with Crippen LogP contribution in [0.1, 0.15) is 40.2 Å². The molecule has 6 rings (SSSR count). The smallest absolute Gasteiger partial charge is 0.221 e. The second-order valence-corrected chi connectivity index (χ2v) is 10.9. The van der Waals surface area contributed by atoms with Crippen molar-refractivity contribution in [2.45, 2.75) is 32.0 Å². The van der Waals surface area contributed by atoms with Crippen LogP contribution in [0.25, 0.3) is 10.9 Å². The number of carbonyl (C=O) groups is 1. The number of nitrogens with zero attached hydrogens (tertiary/aromatic N) is 2. The summed E-state index contributed by atoms with van der Waals surface area (Å²) in [7, 11) is 1.62. The second kappa shape index (κ2) is 13.9. The number of pyridine rings is 1. The molecule has 0 aliphatic rings. The number of aromatic nitrogens is 2. The first kappa shape index (κ1) is 29.6. The van der Waals surface area contributed by atoms with Gasteiger partial charge in [-0.2, -0.15) is 0 Å². The van der Waals surface area contributed by atoms with Crippen LogP contribution < -0.4 is 14.8 Å². The third-order valence-corrected chi connectivity index (χ3v) is 7.92. The van der Waals surface area contributed by atoms with Crippen molar-refractivity contribution < 1.29 is 18.7 Å². The Bertz CT molecular complexity index is 1870. The van der Waals surface area contributed by atoms with Gasteiger partial charge in [0, 0.05) is 54.9 Å². The summed E-state index contributed by atoms with van der Waals surface area (Å²) in [6, 6.07) is 34.4.